The van der Waals surface area contributed by atoms with Gasteiger partial charge in [0.1, 0.15) is 0 Å². The van der Waals surface area contributed by atoms with E-state index in [0.717, 1.165) is 50.6 Å². The lowest BCUT2D eigenvalue weighted by Gasteiger charge is -2.35. The zero-order valence-corrected chi connectivity index (χ0v) is 24.3. The molecule has 2 aromatic carbocycles. The minimum atomic E-state index is -0.853. The van der Waals surface area contributed by atoms with Crippen LogP contribution < -0.4 is 4.90 Å². The molecule has 40 heavy (non-hydrogen) atoms. The number of carboxylic acids is 1. The number of aromatic carboxylic acids is 1. The van der Waals surface area contributed by atoms with Gasteiger partial charge in [-0.15, -0.1) is 0 Å². The number of rotatable bonds is 8. The summed E-state index contributed by atoms with van der Waals surface area (Å²) in [6.45, 7) is 9.29. The smallest absolute Gasteiger partial charge is 0.335 e. The molecule has 1 saturated carbocycles. The summed E-state index contributed by atoms with van der Waals surface area (Å²) in [4.78, 5) is 17.2. The maximum atomic E-state index is 12.0. The molecule has 0 unspecified atom stereocenters. The lowest BCUT2D eigenvalue weighted by Crippen LogP contribution is -2.41. The van der Waals surface area contributed by atoms with Crippen LogP contribution >= 0.6 is 0 Å². The van der Waals surface area contributed by atoms with Crippen molar-refractivity contribution in [2.24, 2.45) is 5.92 Å². The highest BCUT2D eigenvalue weighted by atomic mass is 16.5. The molecular formula is C34H45N3O3. The van der Waals surface area contributed by atoms with Gasteiger partial charge in [0, 0.05) is 68.6 Å². The van der Waals surface area contributed by atoms with E-state index in [1.165, 1.54) is 91.5 Å². The summed E-state index contributed by atoms with van der Waals surface area (Å²) >= 11 is 0. The van der Waals surface area contributed by atoms with Crippen LogP contribution in [0.1, 0.15) is 78.8 Å². The van der Waals surface area contributed by atoms with Crippen molar-refractivity contribution in [3.05, 3.63) is 53.1 Å². The number of ether oxygens (including phenoxy) is 1. The SMILES string of the molecule is COCC[C@@H]1CCCN(CCN2CCn3c(c(C4CCCCC4)c4ccc(C(=O)O)cc43)-c3ccc(C)cc32)C1. The number of benzene rings is 2. The number of likely N-dealkylation sites (tertiary alicyclic amines) is 1. The van der Waals surface area contributed by atoms with Crippen molar-refractivity contribution in [3.63, 3.8) is 0 Å². The first kappa shape index (κ1) is 27.3. The molecule has 0 amide bonds. The number of nitrogens with zero attached hydrogens (tertiary/aromatic N) is 3. The van der Waals surface area contributed by atoms with Gasteiger partial charge in [0.2, 0.25) is 0 Å². The number of piperidine rings is 1. The van der Waals surface area contributed by atoms with E-state index in [1.807, 2.05) is 6.07 Å². The Hall–Kier alpha value is -2.83. The first-order chi connectivity index (χ1) is 19.5. The summed E-state index contributed by atoms with van der Waals surface area (Å²) in [6.07, 6.45) is 10.1. The van der Waals surface area contributed by atoms with E-state index in [1.54, 1.807) is 13.2 Å². The molecule has 214 valence electrons. The first-order valence-corrected chi connectivity index (χ1v) is 15.5. The minimum absolute atomic E-state index is 0.376. The average molecular weight is 544 g/mol. The molecule has 6 nitrogen and oxygen atoms in total. The molecule has 6 rings (SSSR count). The van der Waals surface area contributed by atoms with Crippen LogP contribution in [0, 0.1) is 12.8 Å². The van der Waals surface area contributed by atoms with Crippen LogP contribution in [0.5, 0.6) is 0 Å². The topological polar surface area (TPSA) is 57.9 Å². The fourth-order valence-corrected chi connectivity index (χ4v) is 7.65. The van der Waals surface area contributed by atoms with Crippen molar-refractivity contribution in [2.45, 2.75) is 70.8 Å². The molecule has 0 radical (unpaired) electrons. The van der Waals surface area contributed by atoms with E-state index in [2.05, 4.69) is 45.6 Å². The summed E-state index contributed by atoms with van der Waals surface area (Å²) in [7, 11) is 1.81. The fraction of sp³-hybridized carbons (Fsp3) is 0.559. The van der Waals surface area contributed by atoms with Gasteiger partial charge in [0.05, 0.1) is 11.3 Å². The molecule has 0 bridgehead atoms. The monoisotopic (exact) mass is 543 g/mol. The Morgan fingerprint density at radius 1 is 0.975 bits per heavy atom. The Balaban J connectivity index is 1.37. The number of methoxy groups -OCH3 is 1. The van der Waals surface area contributed by atoms with Gasteiger partial charge >= 0.3 is 5.97 Å². The highest BCUT2D eigenvalue weighted by Gasteiger charge is 2.31. The molecule has 3 aromatic rings. The third-order valence-electron chi connectivity index (χ3n) is 9.73. The summed E-state index contributed by atoms with van der Waals surface area (Å²) in [5.74, 6) is 0.413. The summed E-state index contributed by atoms with van der Waals surface area (Å²) in [5, 5.41) is 11.1. The maximum absolute atomic E-state index is 12.0. The van der Waals surface area contributed by atoms with Gasteiger partial charge in [-0.05, 0) is 86.7 Å². The molecule has 2 fully saturated rings. The molecule has 0 spiro atoms. The highest BCUT2D eigenvalue weighted by Crippen LogP contribution is 2.47. The highest BCUT2D eigenvalue weighted by molar-refractivity contribution is 5.99. The number of aryl methyl sites for hydroxylation is 1. The average Bonchev–Trinajstić information content (AvgIpc) is 3.21. The standard InChI is InChI=1S/C34H45N3O3/c1-24-10-12-29-30(21-24)36(17-16-35-15-6-7-25(23-35)14-20-40-2)18-19-37-31-22-27(34(38)39)11-13-28(31)32(33(29)37)26-8-4-3-5-9-26/h10-13,21-22,25-26H,3-9,14-20,23H2,1-2H3,(H,38,39)/t25-/m0/s1. The zero-order chi connectivity index (χ0) is 27.6. The lowest BCUT2D eigenvalue weighted by molar-refractivity contribution is 0.0697. The van der Waals surface area contributed by atoms with Gasteiger partial charge in [-0.3, -0.25) is 0 Å². The number of fused-ring (bicyclic) bond motifs is 5. The predicted molar refractivity (Wildman–Crippen MR) is 163 cm³/mol. The normalized spacial score (nSPS) is 20.4. The quantitative estimate of drug-likeness (QED) is 0.334. The van der Waals surface area contributed by atoms with Crippen LogP contribution in [0.4, 0.5) is 5.69 Å². The Bertz CT molecular complexity index is 1360. The second-order valence-corrected chi connectivity index (χ2v) is 12.4. The molecule has 6 heteroatoms. The summed E-state index contributed by atoms with van der Waals surface area (Å²) in [5.41, 5.74) is 8.19. The van der Waals surface area contributed by atoms with Crippen LogP contribution in [0.2, 0.25) is 0 Å². The van der Waals surface area contributed by atoms with E-state index >= 15 is 0 Å². The predicted octanol–water partition coefficient (Wildman–Crippen LogP) is 6.93. The third-order valence-corrected chi connectivity index (χ3v) is 9.73. The maximum Gasteiger partial charge on any atom is 0.335 e. The molecule has 1 aliphatic carbocycles. The Kier molecular flexibility index (Phi) is 8.17. The molecule has 3 aliphatic rings. The second-order valence-electron chi connectivity index (χ2n) is 12.4. The van der Waals surface area contributed by atoms with Crippen molar-refractivity contribution < 1.29 is 14.6 Å². The largest absolute Gasteiger partial charge is 0.478 e. The zero-order valence-electron chi connectivity index (χ0n) is 24.3. The second kappa shape index (κ2) is 12.0. The number of carbonyl (C=O) groups is 1. The molecule has 1 saturated heterocycles. The van der Waals surface area contributed by atoms with Gasteiger partial charge in [-0.2, -0.15) is 0 Å². The van der Waals surface area contributed by atoms with Crippen LogP contribution in [-0.4, -0.2) is 67.0 Å². The fourth-order valence-electron chi connectivity index (χ4n) is 7.65. The van der Waals surface area contributed by atoms with E-state index < -0.39 is 5.97 Å². The Morgan fingerprint density at radius 2 is 1.82 bits per heavy atom. The number of aromatic nitrogens is 1. The van der Waals surface area contributed by atoms with Crippen molar-refractivity contribution in [1.82, 2.24) is 9.47 Å². The van der Waals surface area contributed by atoms with Gasteiger partial charge in [0.25, 0.3) is 0 Å². The third kappa shape index (κ3) is 5.40. The van der Waals surface area contributed by atoms with Crippen molar-refractivity contribution in [1.29, 1.82) is 0 Å². The van der Waals surface area contributed by atoms with E-state index in [9.17, 15) is 9.90 Å². The van der Waals surface area contributed by atoms with Crippen molar-refractivity contribution in [2.75, 3.05) is 51.3 Å². The number of hydrogen-bond donors (Lipinski definition) is 1. The van der Waals surface area contributed by atoms with Gasteiger partial charge in [-0.25, -0.2) is 4.79 Å². The first-order valence-electron chi connectivity index (χ1n) is 15.5. The van der Waals surface area contributed by atoms with E-state index in [4.69, 9.17) is 4.74 Å². The van der Waals surface area contributed by atoms with Gasteiger partial charge < -0.3 is 24.2 Å². The van der Waals surface area contributed by atoms with E-state index in [0.29, 0.717) is 11.5 Å². The number of hydrogen-bond acceptors (Lipinski definition) is 4. The van der Waals surface area contributed by atoms with Gasteiger partial charge in [-0.1, -0.05) is 37.5 Å². The Morgan fingerprint density at radius 3 is 2.62 bits per heavy atom. The van der Waals surface area contributed by atoms with Crippen molar-refractivity contribution >= 4 is 22.6 Å². The van der Waals surface area contributed by atoms with Crippen molar-refractivity contribution in [3.8, 4) is 11.3 Å². The minimum Gasteiger partial charge on any atom is -0.478 e. The van der Waals surface area contributed by atoms with Crippen LogP contribution in [0.15, 0.2) is 36.4 Å². The summed E-state index contributed by atoms with van der Waals surface area (Å²) < 4.78 is 7.82. The molecule has 2 aliphatic heterocycles. The van der Waals surface area contributed by atoms with Gasteiger partial charge in [0.15, 0.2) is 0 Å². The molecular weight excluding hydrogens is 498 g/mol. The molecule has 1 aromatic heterocycles. The van der Waals surface area contributed by atoms with Crippen LogP contribution in [0.25, 0.3) is 22.2 Å². The summed E-state index contributed by atoms with van der Waals surface area (Å²) in [6, 6.07) is 12.8. The Labute approximate surface area is 238 Å². The van der Waals surface area contributed by atoms with Crippen LogP contribution in [0.3, 0.4) is 0 Å². The molecule has 1 atom stereocenters. The number of carboxylic acid groups (broad SMARTS) is 1. The van der Waals surface area contributed by atoms with E-state index in [-0.39, 0.29) is 0 Å². The number of anilines is 1. The van der Waals surface area contributed by atoms with Crippen LogP contribution in [-0.2, 0) is 11.3 Å². The lowest BCUT2D eigenvalue weighted by atomic mass is 9.81. The molecule has 1 N–H and O–H groups in total. The molecule has 3 heterocycles.